The minimum absolute atomic E-state index is 0.170. The lowest BCUT2D eigenvalue weighted by Crippen LogP contribution is -2.50. The molecule has 2 aromatic rings. The molecule has 2 N–H and O–H groups in total. The topological polar surface area (TPSA) is 73.4 Å². The van der Waals surface area contributed by atoms with E-state index in [2.05, 4.69) is 5.10 Å². The van der Waals surface area contributed by atoms with Crippen LogP contribution in [0.3, 0.4) is 0 Å². The number of nitrogens with two attached hydrogens (primary N) is 1. The standard InChI is InChI=1S/C16H19FN4O2/c17-12-3-4-15(23-8-1-5-18)14(9-12)16(22)20-10-13(11-20)21-7-2-6-19-21/h2-4,6-7,9,13H,1,5,8,10-11,18H2. The molecule has 0 spiro atoms. The number of rotatable bonds is 6. The molecule has 1 amide bonds. The first-order chi connectivity index (χ1) is 11.2. The molecule has 7 heteroatoms. The van der Waals surface area contributed by atoms with Gasteiger partial charge < -0.3 is 15.4 Å². The Balaban J connectivity index is 1.68. The Kier molecular flexibility index (Phi) is 4.57. The molecule has 23 heavy (non-hydrogen) atoms. The second-order valence-corrected chi connectivity index (χ2v) is 5.48. The van der Waals surface area contributed by atoms with E-state index in [0.717, 1.165) is 0 Å². The maximum Gasteiger partial charge on any atom is 0.257 e. The van der Waals surface area contributed by atoms with Crippen LogP contribution in [-0.2, 0) is 0 Å². The molecule has 1 aliphatic rings. The van der Waals surface area contributed by atoms with Crippen LogP contribution in [0.5, 0.6) is 5.75 Å². The fourth-order valence-corrected chi connectivity index (χ4v) is 2.52. The Bertz CT molecular complexity index is 669. The van der Waals surface area contributed by atoms with E-state index in [1.807, 2.05) is 16.9 Å². The smallest absolute Gasteiger partial charge is 0.257 e. The normalized spacial score (nSPS) is 14.6. The van der Waals surface area contributed by atoms with Gasteiger partial charge in [0.25, 0.3) is 5.91 Å². The molecule has 2 heterocycles. The average molecular weight is 318 g/mol. The number of ether oxygens (including phenoxy) is 1. The van der Waals surface area contributed by atoms with E-state index in [0.29, 0.717) is 38.4 Å². The van der Waals surface area contributed by atoms with Gasteiger partial charge in [-0.1, -0.05) is 0 Å². The Labute approximate surface area is 133 Å². The van der Waals surface area contributed by atoms with Crippen LogP contribution in [-0.4, -0.2) is 46.8 Å². The molecule has 1 fully saturated rings. The van der Waals surface area contributed by atoms with Crippen LogP contribution >= 0.6 is 0 Å². The molecule has 0 unspecified atom stereocenters. The molecular formula is C16H19FN4O2. The van der Waals surface area contributed by atoms with Crippen LogP contribution in [0.15, 0.2) is 36.7 Å². The van der Waals surface area contributed by atoms with Gasteiger partial charge >= 0.3 is 0 Å². The first kappa shape index (κ1) is 15.5. The average Bonchev–Trinajstić information content (AvgIpc) is 3.01. The predicted molar refractivity (Wildman–Crippen MR) is 82.7 cm³/mol. The molecule has 1 aliphatic heterocycles. The van der Waals surface area contributed by atoms with Gasteiger partial charge in [0, 0.05) is 25.5 Å². The first-order valence-corrected chi connectivity index (χ1v) is 7.60. The first-order valence-electron chi connectivity index (χ1n) is 7.60. The van der Waals surface area contributed by atoms with E-state index in [9.17, 15) is 9.18 Å². The van der Waals surface area contributed by atoms with E-state index >= 15 is 0 Å². The minimum atomic E-state index is -0.455. The van der Waals surface area contributed by atoms with Crippen LogP contribution in [0, 0.1) is 5.82 Å². The monoisotopic (exact) mass is 318 g/mol. The largest absolute Gasteiger partial charge is 0.493 e. The third-order valence-electron chi connectivity index (χ3n) is 3.83. The van der Waals surface area contributed by atoms with E-state index in [4.69, 9.17) is 10.5 Å². The van der Waals surface area contributed by atoms with Gasteiger partial charge in [0.1, 0.15) is 11.6 Å². The van der Waals surface area contributed by atoms with Crippen LogP contribution in [0.1, 0.15) is 22.8 Å². The lowest BCUT2D eigenvalue weighted by atomic mass is 10.1. The summed E-state index contributed by atoms with van der Waals surface area (Å²) in [5.74, 6) is -0.285. The second kappa shape index (κ2) is 6.78. The quantitative estimate of drug-likeness (QED) is 0.818. The van der Waals surface area contributed by atoms with E-state index in [1.54, 1.807) is 11.1 Å². The van der Waals surface area contributed by atoms with Crippen molar-refractivity contribution in [3.05, 3.63) is 48.0 Å². The van der Waals surface area contributed by atoms with Crippen LogP contribution in [0.2, 0.25) is 0 Å². The molecule has 1 saturated heterocycles. The van der Waals surface area contributed by atoms with E-state index in [-0.39, 0.29) is 17.5 Å². The van der Waals surface area contributed by atoms with Gasteiger partial charge in [-0.25, -0.2) is 4.39 Å². The predicted octanol–water partition coefficient (Wildman–Crippen LogP) is 1.45. The number of amides is 1. The van der Waals surface area contributed by atoms with Crippen molar-refractivity contribution in [1.82, 2.24) is 14.7 Å². The van der Waals surface area contributed by atoms with Crippen molar-refractivity contribution in [3.8, 4) is 5.75 Å². The van der Waals surface area contributed by atoms with Crippen LogP contribution < -0.4 is 10.5 Å². The van der Waals surface area contributed by atoms with Crippen molar-refractivity contribution >= 4 is 5.91 Å². The molecule has 0 radical (unpaired) electrons. The number of carbonyl (C=O) groups excluding carboxylic acids is 1. The van der Waals surface area contributed by atoms with Gasteiger partial charge in [-0.15, -0.1) is 0 Å². The van der Waals surface area contributed by atoms with Crippen molar-refractivity contribution in [3.63, 3.8) is 0 Å². The molecule has 3 rings (SSSR count). The van der Waals surface area contributed by atoms with Gasteiger partial charge in [-0.3, -0.25) is 9.48 Å². The summed E-state index contributed by atoms with van der Waals surface area (Å²) in [6.45, 7) is 2.01. The maximum absolute atomic E-state index is 13.5. The van der Waals surface area contributed by atoms with Gasteiger partial charge in [-0.2, -0.15) is 5.10 Å². The second-order valence-electron chi connectivity index (χ2n) is 5.48. The highest BCUT2D eigenvalue weighted by atomic mass is 19.1. The van der Waals surface area contributed by atoms with Crippen molar-refractivity contribution in [2.75, 3.05) is 26.2 Å². The summed E-state index contributed by atoms with van der Waals surface area (Å²) in [4.78, 5) is 14.2. The lowest BCUT2D eigenvalue weighted by Gasteiger charge is -2.39. The fraction of sp³-hybridized carbons (Fsp3) is 0.375. The number of hydrogen-bond donors (Lipinski definition) is 1. The molecule has 6 nitrogen and oxygen atoms in total. The molecule has 0 bridgehead atoms. The summed E-state index contributed by atoms with van der Waals surface area (Å²) < 4.78 is 20.9. The molecule has 0 aliphatic carbocycles. The number of nitrogens with zero attached hydrogens (tertiary/aromatic N) is 3. The third-order valence-corrected chi connectivity index (χ3v) is 3.83. The number of benzene rings is 1. The highest BCUT2D eigenvalue weighted by Gasteiger charge is 2.34. The van der Waals surface area contributed by atoms with Gasteiger partial charge in [0.05, 0.1) is 18.2 Å². The minimum Gasteiger partial charge on any atom is -0.493 e. The summed E-state index contributed by atoms with van der Waals surface area (Å²) >= 11 is 0. The van der Waals surface area contributed by atoms with E-state index < -0.39 is 5.82 Å². The van der Waals surface area contributed by atoms with E-state index in [1.165, 1.54) is 18.2 Å². The van der Waals surface area contributed by atoms with Crippen LogP contribution in [0.25, 0.3) is 0 Å². The number of likely N-dealkylation sites (tertiary alicyclic amines) is 1. The maximum atomic E-state index is 13.5. The van der Waals surface area contributed by atoms with Crippen molar-refractivity contribution in [2.45, 2.75) is 12.5 Å². The number of carbonyl (C=O) groups is 1. The molecule has 0 atom stereocenters. The van der Waals surface area contributed by atoms with Crippen molar-refractivity contribution in [2.24, 2.45) is 5.73 Å². The zero-order valence-corrected chi connectivity index (χ0v) is 12.7. The van der Waals surface area contributed by atoms with Crippen molar-refractivity contribution < 1.29 is 13.9 Å². The van der Waals surface area contributed by atoms with Crippen molar-refractivity contribution in [1.29, 1.82) is 0 Å². The van der Waals surface area contributed by atoms with Crippen LogP contribution in [0.4, 0.5) is 4.39 Å². The van der Waals surface area contributed by atoms with Gasteiger partial charge in [-0.05, 0) is 37.2 Å². The highest BCUT2D eigenvalue weighted by molar-refractivity contribution is 5.97. The third kappa shape index (κ3) is 3.34. The highest BCUT2D eigenvalue weighted by Crippen LogP contribution is 2.27. The van der Waals surface area contributed by atoms with Gasteiger partial charge in [0.15, 0.2) is 0 Å². The summed E-state index contributed by atoms with van der Waals surface area (Å²) in [6.07, 6.45) is 4.26. The number of aromatic nitrogens is 2. The Hall–Kier alpha value is -2.41. The summed E-state index contributed by atoms with van der Waals surface area (Å²) in [6, 6.07) is 6.02. The number of hydrogen-bond acceptors (Lipinski definition) is 4. The molecule has 1 aromatic heterocycles. The Morgan fingerprint density at radius 1 is 1.43 bits per heavy atom. The SMILES string of the molecule is NCCCOc1ccc(F)cc1C(=O)N1CC(n2cccn2)C1. The lowest BCUT2D eigenvalue weighted by molar-refractivity contribution is 0.0497. The molecular weight excluding hydrogens is 299 g/mol. The fourth-order valence-electron chi connectivity index (χ4n) is 2.52. The Morgan fingerprint density at radius 3 is 2.96 bits per heavy atom. The number of halogens is 1. The summed E-state index contributed by atoms with van der Waals surface area (Å²) in [5, 5.41) is 4.17. The zero-order valence-electron chi connectivity index (χ0n) is 12.7. The molecule has 122 valence electrons. The zero-order chi connectivity index (χ0) is 16.2. The summed E-state index contributed by atoms with van der Waals surface area (Å²) in [7, 11) is 0. The van der Waals surface area contributed by atoms with Gasteiger partial charge in [0.2, 0.25) is 0 Å². The molecule has 0 saturated carbocycles. The Morgan fingerprint density at radius 2 is 2.26 bits per heavy atom. The molecule has 1 aromatic carbocycles. The summed E-state index contributed by atoms with van der Waals surface area (Å²) in [5.41, 5.74) is 5.68.